The second kappa shape index (κ2) is 19.7. The molecule has 6 aliphatic carbocycles. The minimum Gasteiger partial charge on any atom is -0.481 e. The third kappa shape index (κ3) is 9.95. The van der Waals surface area contributed by atoms with E-state index in [1.165, 1.54) is 70.6 Å². The minimum absolute atomic E-state index is 0.0206. The molecule has 11 heteroatoms. The molecule has 3 aliphatic heterocycles. The molecule has 0 aromatic heterocycles. The fraction of sp³-hybridized carbons (Fsp3) is 0.922. The number of aliphatic carboxylic acids is 2. The summed E-state index contributed by atoms with van der Waals surface area (Å²) < 4.78 is 0. The second-order valence-electron chi connectivity index (χ2n) is 23.5. The molecule has 62 heavy (non-hydrogen) atoms. The van der Waals surface area contributed by atoms with Gasteiger partial charge in [0.1, 0.15) is 6.04 Å². The highest BCUT2D eigenvalue weighted by atomic mass is 16.4. The van der Waals surface area contributed by atoms with Gasteiger partial charge in [0.05, 0.1) is 25.2 Å². The van der Waals surface area contributed by atoms with E-state index < -0.39 is 18.0 Å². The molecule has 2 amide bonds. The molecule has 0 spiro atoms. The van der Waals surface area contributed by atoms with Crippen molar-refractivity contribution < 1.29 is 39.6 Å². The molecule has 9 aliphatic rings. The Balaban J connectivity index is 0.000000145. The van der Waals surface area contributed by atoms with Crippen molar-refractivity contribution in [3.63, 3.8) is 0 Å². The molecular formula is C51H87N3O8. The zero-order valence-corrected chi connectivity index (χ0v) is 40.1. The lowest BCUT2D eigenvalue weighted by molar-refractivity contribution is -0.152. The predicted molar refractivity (Wildman–Crippen MR) is 242 cm³/mol. The molecule has 0 aromatic carbocycles. The first-order valence-electron chi connectivity index (χ1n) is 25.2. The van der Waals surface area contributed by atoms with Crippen molar-refractivity contribution in [2.45, 2.75) is 177 Å². The minimum atomic E-state index is -0.822. The van der Waals surface area contributed by atoms with Crippen LogP contribution in [0.25, 0.3) is 0 Å². The summed E-state index contributed by atoms with van der Waals surface area (Å²) in [6.07, 6.45) is 18.2. The van der Waals surface area contributed by atoms with Crippen molar-refractivity contribution in [2.24, 2.45) is 87.3 Å². The fourth-order valence-electron chi connectivity index (χ4n) is 14.3. The van der Waals surface area contributed by atoms with Gasteiger partial charge in [0.2, 0.25) is 11.8 Å². The number of hydrogen-bond acceptors (Lipinski definition) is 7. The Kier molecular flexibility index (Phi) is 15.6. The zero-order valence-electron chi connectivity index (χ0n) is 40.1. The summed E-state index contributed by atoms with van der Waals surface area (Å²) in [6.45, 7) is 22.4. The standard InChI is InChI=1S/C17H27NO3.C17H29NO2.C9H16O2.C8H15NO/c1-10(11-7-5-4-6-8-11)15(19)18-9-12-13(17(12,2)3)14(18)16(20)21;1-11(12-7-5-4-6-8-12)16(20)18-9-13-15(14(18)10-19)17(13,2)3;1-7(9(10)11)8-5-3-2-4-6-8;1-8(2)5-3-9-6(4-10)7(5)8/h10-14H,4-9H2,1-3H3,(H,20,21);11-15,19H,4-10H2,1-3H3;7-8H,2-6H2,1H3,(H,10,11);5-7,9-10H,3-4H2,1-2H3/t10-,12?,13-,14-;11-,13?,14+,15-;7-;5?,6-,7+/m0001/s1. The number of piperidine rings is 3. The van der Waals surface area contributed by atoms with E-state index in [-0.39, 0.29) is 47.6 Å². The van der Waals surface area contributed by atoms with E-state index in [1.54, 1.807) is 4.90 Å². The van der Waals surface area contributed by atoms with Crippen molar-refractivity contribution in [1.29, 1.82) is 0 Å². The van der Waals surface area contributed by atoms with E-state index in [9.17, 15) is 29.4 Å². The lowest BCUT2D eigenvalue weighted by Gasteiger charge is -2.35. The first kappa shape index (κ1) is 49.2. The highest BCUT2D eigenvalue weighted by Crippen LogP contribution is 2.66. The van der Waals surface area contributed by atoms with Crippen LogP contribution in [0, 0.1) is 87.3 Å². The number of carbonyl (C=O) groups is 4. The molecule has 6 saturated carbocycles. The average Bonchev–Trinajstić information content (AvgIpc) is 3.84. The van der Waals surface area contributed by atoms with Crippen LogP contribution in [0.4, 0.5) is 0 Å². The number of fused-ring (bicyclic) bond motifs is 3. The summed E-state index contributed by atoms with van der Waals surface area (Å²) in [5, 5.41) is 40.3. The van der Waals surface area contributed by atoms with E-state index >= 15 is 0 Å². The van der Waals surface area contributed by atoms with E-state index in [2.05, 4.69) is 53.8 Å². The molecule has 9 rings (SSSR count). The molecule has 9 fully saturated rings. The van der Waals surface area contributed by atoms with Crippen LogP contribution in [0.1, 0.15) is 159 Å². The number of amides is 2. The summed E-state index contributed by atoms with van der Waals surface area (Å²) in [5.74, 6) is 3.64. The molecular weight excluding hydrogens is 783 g/mol. The Morgan fingerprint density at radius 2 is 0.952 bits per heavy atom. The number of hydrogen-bond donors (Lipinski definition) is 5. The summed E-state index contributed by atoms with van der Waals surface area (Å²) in [4.78, 5) is 51.5. The van der Waals surface area contributed by atoms with Gasteiger partial charge in [0.15, 0.2) is 0 Å². The van der Waals surface area contributed by atoms with Crippen LogP contribution in [-0.2, 0) is 19.2 Å². The van der Waals surface area contributed by atoms with Crippen LogP contribution in [0.5, 0.6) is 0 Å². The van der Waals surface area contributed by atoms with Gasteiger partial charge in [0, 0.05) is 36.9 Å². The Morgan fingerprint density at radius 1 is 0.548 bits per heavy atom. The Morgan fingerprint density at radius 3 is 1.34 bits per heavy atom. The monoisotopic (exact) mass is 870 g/mol. The number of carboxylic acid groups (broad SMARTS) is 2. The smallest absolute Gasteiger partial charge is 0.326 e. The first-order valence-corrected chi connectivity index (χ1v) is 25.2. The topological polar surface area (TPSA) is 168 Å². The van der Waals surface area contributed by atoms with Crippen molar-refractivity contribution in [3.05, 3.63) is 0 Å². The number of nitrogens with one attached hydrogen (secondary N) is 1. The summed E-state index contributed by atoms with van der Waals surface area (Å²) in [7, 11) is 0. The third-order valence-corrected chi connectivity index (χ3v) is 19.2. The predicted octanol–water partition coefficient (Wildman–Crippen LogP) is 7.96. The fourth-order valence-corrected chi connectivity index (χ4v) is 14.3. The van der Waals surface area contributed by atoms with Crippen LogP contribution in [0.15, 0.2) is 0 Å². The third-order valence-electron chi connectivity index (χ3n) is 19.2. The Hall–Kier alpha value is -2.24. The quantitative estimate of drug-likeness (QED) is 0.155. The molecule has 3 heterocycles. The number of aliphatic hydroxyl groups excluding tert-OH is 2. The number of aliphatic hydroxyl groups is 2. The average molecular weight is 870 g/mol. The summed E-state index contributed by atoms with van der Waals surface area (Å²) in [5.41, 5.74) is 0.935. The van der Waals surface area contributed by atoms with Gasteiger partial charge in [-0.1, -0.05) is 120 Å². The number of rotatable bonds is 9. The lowest BCUT2D eigenvalue weighted by atomic mass is 9.80. The zero-order chi connectivity index (χ0) is 45.5. The van der Waals surface area contributed by atoms with E-state index in [0.717, 1.165) is 50.6 Å². The van der Waals surface area contributed by atoms with Gasteiger partial charge >= 0.3 is 11.9 Å². The van der Waals surface area contributed by atoms with Gasteiger partial charge in [-0.15, -0.1) is 0 Å². The number of likely N-dealkylation sites (tertiary alicyclic amines) is 2. The van der Waals surface area contributed by atoms with Gasteiger partial charge in [-0.3, -0.25) is 14.4 Å². The van der Waals surface area contributed by atoms with Crippen LogP contribution in [-0.4, -0.2) is 105 Å². The maximum atomic E-state index is 12.8. The van der Waals surface area contributed by atoms with Gasteiger partial charge in [0.25, 0.3) is 0 Å². The number of carboxylic acids is 2. The number of carbonyl (C=O) groups excluding carboxylic acids is 2. The number of nitrogens with zero attached hydrogens (tertiary/aromatic N) is 2. The van der Waals surface area contributed by atoms with Gasteiger partial charge < -0.3 is 35.5 Å². The molecule has 0 radical (unpaired) electrons. The second-order valence-corrected chi connectivity index (χ2v) is 23.5. The Bertz CT molecular complexity index is 1560. The molecule has 11 nitrogen and oxygen atoms in total. The molecule has 354 valence electrons. The highest BCUT2D eigenvalue weighted by molar-refractivity contribution is 5.87. The molecule has 3 unspecified atom stereocenters. The first-order chi connectivity index (χ1) is 29.2. The molecule has 5 N–H and O–H groups in total. The molecule has 3 saturated heterocycles. The maximum absolute atomic E-state index is 12.8. The molecule has 0 bridgehead atoms. The van der Waals surface area contributed by atoms with Crippen LogP contribution >= 0.6 is 0 Å². The van der Waals surface area contributed by atoms with Crippen LogP contribution < -0.4 is 5.32 Å². The SMILES string of the molecule is CC1(C)C2CN[C@H](CO)[C@H]21.C[C@H](C(=O)N1CC2[C@@H]([C@H]1C(=O)O)C2(C)C)C1CCCCC1.C[C@H](C(=O)N1CC2[C@@H]([C@H]1CO)C2(C)C)C1CCCCC1.C[C@H](C(=O)O)C1CCCCC1. The summed E-state index contributed by atoms with van der Waals surface area (Å²) >= 11 is 0. The van der Waals surface area contributed by atoms with E-state index in [4.69, 9.17) is 10.2 Å². The molecule has 0 aromatic rings. The van der Waals surface area contributed by atoms with Crippen LogP contribution in [0.2, 0.25) is 0 Å². The van der Waals surface area contributed by atoms with Crippen LogP contribution in [0.3, 0.4) is 0 Å². The van der Waals surface area contributed by atoms with Gasteiger partial charge in [-0.05, 0) is 109 Å². The maximum Gasteiger partial charge on any atom is 0.326 e. The van der Waals surface area contributed by atoms with Crippen molar-refractivity contribution in [1.82, 2.24) is 15.1 Å². The summed E-state index contributed by atoms with van der Waals surface area (Å²) in [6, 6.07) is -0.128. The van der Waals surface area contributed by atoms with E-state index in [0.29, 0.717) is 71.4 Å². The van der Waals surface area contributed by atoms with Gasteiger partial charge in [-0.25, -0.2) is 4.79 Å². The van der Waals surface area contributed by atoms with Crippen molar-refractivity contribution >= 4 is 23.8 Å². The normalized spacial score (nSPS) is 36.3. The van der Waals surface area contributed by atoms with Gasteiger partial charge in [-0.2, -0.15) is 0 Å². The van der Waals surface area contributed by atoms with E-state index in [1.807, 2.05) is 18.7 Å². The lowest BCUT2D eigenvalue weighted by Crippen LogP contribution is -2.48. The highest BCUT2D eigenvalue weighted by Gasteiger charge is 2.70. The van der Waals surface area contributed by atoms with Crippen molar-refractivity contribution in [2.75, 3.05) is 32.8 Å². The van der Waals surface area contributed by atoms with Crippen molar-refractivity contribution in [3.8, 4) is 0 Å². The molecule has 12 atom stereocenters. The largest absolute Gasteiger partial charge is 0.481 e. The Labute approximate surface area is 374 Å².